The summed E-state index contributed by atoms with van der Waals surface area (Å²) in [4.78, 5) is 26.3. The number of carboxylic acids is 1. The number of piperidine rings is 1. The molecule has 0 radical (unpaired) electrons. The molecule has 0 bridgehead atoms. The zero-order chi connectivity index (χ0) is 18.3. The van der Waals surface area contributed by atoms with E-state index in [1.165, 1.54) is 0 Å². The van der Waals surface area contributed by atoms with E-state index in [1.807, 2.05) is 41.9 Å². The Labute approximate surface area is 152 Å². The number of fused-ring (bicyclic) bond motifs is 1. The number of rotatable bonds is 3. The Morgan fingerprint density at radius 1 is 1.15 bits per heavy atom. The number of carboxylic acid groups (broad SMARTS) is 1. The number of benzene rings is 1. The third kappa shape index (κ3) is 2.89. The highest BCUT2D eigenvalue weighted by Gasteiger charge is 2.35. The molecule has 1 aromatic carbocycles. The molecule has 2 aromatic rings. The van der Waals surface area contributed by atoms with E-state index in [1.54, 1.807) is 4.90 Å². The maximum atomic E-state index is 13.2. The van der Waals surface area contributed by atoms with Crippen molar-refractivity contribution >= 4 is 11.9 Å². The minimum atomic E-state index is -0.825. The molecule has 26 heavy (non-hydrogen) atoms. The zero-order valence-corrected chi connectivity index (χ0v) is 14.9. The molecule has 1 N–H and O–H groups in total. The first-order valence-corrected chi connectivity index (χ1v) is 9.23. The summed E-state index contributed by atoms with van der Waals surface area (Å²) in [5.41, 5.74) is 3.60. The van der Waals surface area contributed by atoms with Gasteiger partial charge in [-0.2, -0.15) is 5.10 Å². The lowest BCUT2D eigenvalue weighted by Gasteiger charge is -2.34. The van der Waals surface area contributed by atoms with Crippen LogP contribution < -0.4 is 0 Å². The molecule has 2 aliphatic rings. The Kier molecular flexibility index (Phi) is 4.26. The molecule has 6 heteroatoms. The fourth-order valence-electron chi connectivity index (χ4n) is 4.24. The molecule has 4 rings (SSSR count). The number of carbonyl (C=O) groups excluding carboxylic acids is 1. The molecule has 1 aliphatic heterocycles. The molecule has 1 aromatic heterocycles. The van der Waals surface area contributed by atoms with Crippen LogP contribution in [-0.2, 0) is 17.6 Å². The van der Waals surface area contributed by atoms with Gasteiger partial charge in [-0.3, -0.25) is 9.59 Å². The highest BCUT2D eigenvalue weighted by atomic mass is 16.4. The molecule has 2 heterocycles. The Hall–Kier alpha value is -2.63. The minimum absolute atomic E-state index is 0.129. The largest absolute Gasteiger partial charge is 0.481 e. The number of carbonyl (C=O) groups is 2. The van der Waals surface area contributed by atoms with Gasteiger partial charge in [0.2, 0.25) is 0 Å². The van der Waals surface area contributed by atoms with Crippen molar-refractivity contribution in [2.75, 3.05) is 13.1 Å². The number of likely N-dealkylation sites (tertiary alicyclic amines) is 1. The fraction of sp³-hybridized carbons (Fsp3) is 0.450. The van der Waals surface area contributed by atoms with Gasteiger partial charge in [-0.05, 0) is 43.7 Å². The number of amides is 1. The smallest absolute Gasteiger partial charge is 0.308 e. The highest BCUT2D eigenvalue weighted by Crippen LogP contribution is 2.30. The molecule has 1 fully saturated rings. The number of hydrogen-bond acceptors (Lipinski definition) is 3. The second kappa shape index (κ2) is 6.59. The summed E-state index contributed by atoms with van der Waals surface area (Å²) in [6.07, 6.45) is 3.41. The lowest BCUT2D eigenvalue weighted by Crippen LogP contribution is -2.45. The normalized spacial score (nSPS) is 22.3. The van der Waals surface area contributed by atoms with Gasteiger partial charge in [0.1, 0.15) is 0 Å². The highest BCUT2D eigenvalue weighted by molar-refractivity contribution is 5.94. The molecular weight excluding hydrogens is 330 g/mol. The quantitative estimate of drug-likeness (QED) is 0.920. The van der Waals surface area contributed by atoms with Crippen molar-refractivity contribution in [2.45, 2.75) is 32.6 Å². The summed E-state index contributed by atoms with van der Waals surface area (Å²) in [6.45, 7) is 2.86. The second-order valence-corrected chi connectivity index (χ2v) is 7.46. The van der Waals surface area contributed by atoms with Gasteiger partial charge in [-0.1, -0.05) is 25.1 Å². The number of hydrogen-bond donors (Lipinski definition) is 1. The standard InChI is InChI=1S/C20H23N3O3/c1-13-10-14(20(25)26)12-22(11-13)19(24)18-16-8-5-9-17(16)23(21-18)15-6-3-2-4-7-15/h2-4,6-7,13-14H,5,8-12H2,1H3,(H,25,26). The van der Waals surface area contributed by atoms with E-state index in [4.69, 9.17) is 0 Å². The molecule has 1 amide bonds. The van der Waals surface area contributed by atoms with Crippen LogP contribution in [0.5, 0.6) is 0 Å². The maximum Gasteiger partial charge on any atom is 0.308 e. The summed E-state index contributed by atoms with van der Waals surface area (Å²) in [5.74, 6) is -1.27. The van der Waals surface area contributed by atoms with E-state index in [-0.39, 0.29) is 18.4 Å². The van der Waals surface area contributed by atoms with E-state index in [9.17, 15) is 14.7 Å². The Morgan fingerprint density at radius 3 is 2.65 bits per heavy atom. The van der Waals surface area contributed by atoms with Crippen molar-refractivity contribution in [3.05, 3.63) is 47.3 Å². The van der Waals surface area contributed by atoms with Gasteiger partial charge in [0.05, 0.1) is 11.6 Å². The molecule has 2 atom stereocenters. The summed E-state index contributed by atoms with van der Waals surface area (Å²) in [5, 5.41) is 14.0. The molecule has 0 spiro atoms. The third-order valence-corrected chi connectivity index (χ3v) is 5.43. The molecule has 1 aliphatic carbocycles. The Balaban J connectivity index is 1.68. The monoisotopic (exact) mass is 353 g/mol. The van der Waals surface area contributed by atoms with E-state index in [0.717, 1.165) is 36.2 Å². The second-order valence-electron chi connectivity index (χ2n) is 7.46. The molecule has 6 nitrogen and oxygen atoms in total. The Morgan fingerprint density at radius 2 is 1.92 bits per heavy atom. The first-order chi connectivity index (χ1) is 12.5. The van der Waals surface area contributed by atoms with Crippen LogP contribution >= 0.6 is 0 Å². The van der Waals surface area contributed by atoms with Crippen LogP contribution in [0.1, 0.15) is 41.5 Å². The maximum absolute atomic E-state index is 13.2. The van der Waals surface area contributed by atoms with Crippen molar-refractivity contribution in [3.63, 3.8) is 0 Å². The van der Waals surface area contributed by atoms with Crippen LogP contribution in [0.25, 0.3) is 5.69 Å². The van der Waals surface area contributed by atoms with Gasteiger partial charge < -0.3 is 10.0 Å². The third-order valence-electron chi connectivity index (χ3n) is 5.43. The van der Waals surface area contributed by atoms with E-state index < -0.39 is 11.9 Å². The van der Waals surface area contributed by atoms with Crippen LogP contribution in [0.15, 0.2) is 30.3 Å². The van der Waals surface area contributed by atoms with Crippen LogP contribution in [0.2, 0.25) is 0 Å². The van der Waals surface area contributed by atoms with Gasteiger partial charge >= 0.3 is 5.97 Å². The van der Waals surface area contributed by atoms with E-state index >= 15 is 0 Å². The molecule has 2 unspecified atom stereocenters. The predicted octanol–water partition coefficient (Wildman–Crippen LogP) is 2.54. The number of para-hydroxylation sites is 1. The minimum Gasteiger partial charge on any atom is -0.481 e. The van der Waals surface area contributed by atoms with Crippen LogP contribution in [0, 0.1) is 11.8 Å². The van der Waals surface area contributed by atoms with Crippen molar-refractivity contribution in [1.29, 1.82) is 0 Å². The summed E-state index contributed by atoms with van der Waals surface area (Å²) < 4.78 is 1.89. The van der Waals surface area contributed by atoms with Crippen molar-refractivity contribution in [1.82, 2.24) is 14.7 Å². The molecule has 1 saturated heterocycles. The number of aromatic nitrogens is 2. The van der Waals surface area contributed by atoms with Gasteiger partial charge in [0, 0.05) is 24.3 Å². The van der Waals surface area contributed by atoms with Crippen LogP contribution in [0.4, 0.5) is 0 Å². The number of aliphatic carboxylic acids is 1. The van der Waals surface area contributed by atoms with Gasteiger partial charge in [-0.15, -0.1) is 0 Å². The van der Waals surface area contributed by atoms with Crippen LogP contribution in [0.3, 0.4) is 0 Å². The predicted molar refractivity (Wildman–Crippen MR) is 96.4 cm³/mol. The first kappa shape index (κ1) is 16.8. The summed E-state index contributed by atoms with van der Waals surface area (Å²) >= 11 is 0. The van der Waals surface area contributed by atoms with E-state index in [2.05, 4.69) is 5.10 Å². The molecule has 136 valence electrons. The molecule has 0 saturated carbocycles. The summed E-state index contributed by atoms with van der Waals surface area (Å²) in [7, 11) is 0. The van der Waals surface area contributed by atoms with Crippen molar-refractivity contribution in [3.8, 4) is 5.69 Å². The van der Waals surface area contributed by atoms with Gasteiger partial charge in [-0.25, -0.2) is 4.68 Å². The molecular formula is C20H23N3O3. The number of nitrogens with zero attached hydrogens (tertiary/aromatic N) is 3. The fourth-order valence-corrected chi connectivity index (χ4v) is 4.24. The topological polar surface area (TPSA) is 75.4 Å². The lowest BCUT2D eigenvalue weighted by atomic mass is 9.90. The average molecular weight is 353 g/mol. The van der Waals surface area contributed by atoms with Crippen molar-refractivity contribution < 1.29 is 14.7 Å². The van der Waals surface area contributed by atoms with Crippen LogP contribution in [-0.4, -0.2) is 44.8 Å². The van der Waals surface area contributed by atoms with Gasteiger partial charge in [0.15, 0.2) is 5.69 Å². The Bertz CT molecular complexity index is 843. The summed E-state index contributed by atoms with van der Waals surface area (Å²) in [6, 6.07) is 9.86. The zero-order valence-electron chi connectivity index (χ0n) is 14.9. The van der Waals surface area contributed by atoms with Crippen molar-refractivity contribution in [2.24, 2.45) is 11.8 Å². The average Bonchev–Trinajstić information content (AvgIpc) is 3.23. The first-order valence-electron chi connectivity index (χ1n) is 9.23. The SMILES string of the molecule is CC1CC(C(=O)O)CN(C(=O)c2nn(-c3ccccc3)c3c2CCC3)C1. The van der Waals surface area contributed by atoms with E-state index in [0.29, 0.717) is 18.7 Å². The lowest BCUT2D eigenvalue weighted by molar-refractivity contribution is -0.143. The van der Waals surface area contributed by atoms with Gasteiger partial charge in [0.25, 0.3) is 5.91 Å².